The largest absolute Gasteiger partial charge is 0.300 e. The Morgan fingerprint density at radius 2 is 1.65 bits per heavy atom. The van der Waals surface area contributed by atoms with Crippen LogP contribution in [0.15, 0.2) is 24.3 Å². The van der Waals surface area contributed by atoms with Crippen molar-refractivity contribution < 1.29 is 8.42 Å². The topological polar surface area (TPSA) is 49.4 Å². The van der Waals surface area contributed by atoms with Gasteiger partial charge in [-0.3, -0.25) is 4.72 Å². The van der Waals surface area contributed by atoms with Crippen molar-refractivity contribution in [3.63, 3.8) is 0 Å². The van der Waals surface area contributed by atoms with E-state index in [-0.39, 0.29) is 5.25 Å². The van der Waals surface area contributed by atoms with Crippen LogP contribution in [-0.4, -0.2) is 37.7 Å². The standard InChI is InChI=1S/C18H26N2O2S/c21-23(22,18-9-10-18)19-16-6-3-14(4-7-16)15-5-8-17(13-15)20-11-1-2-12-20/h3-4,6-7,15,17-19H,1-2,5,8-13H2. The van der Waals surface area contributed by atoms with Crippen molar-refractivity contribution in [3.05, 3.63) is 29.8 Å². The Bertz CT molecular complexity index is 646. The van der Waals surface area contributed by atoms with Crippen LogP contribution in [0.25, 0.3) is 0 Å². The molecule has 0 aromatic heterocycles. The maximum absolute atomic E-state index is 12.0. The molecule has 0 radical (unpaired) electrons. The Labute approximate surface area is 139 Å². The minimum Gasteiger partial charge on any atom is -0.300 e. The molecule has 2 aliphatic carbocycles. The minimum absolute atomic E-state index is 0.168. The number of nitrogens with zero attached hydrogens (tertiary/aromatic N) is 1. The summed E-state index contributed by atoms with van der Waals surface area (Å²) in [5.41, 5.74) is 2.07. The summed E-state index contributed by atoms with van der Waals surface area (Å²) in [6.07, 6.45) is 8.14. The van der Waals surface area contributed by atoms with Crippen molar-refractivity contribution in [2.24, 2.45) is 0 Å². The number of hydrogen-bond acceptors (Lipinski definition) is 3. The molecule has 3 aliphatic rings. The third kappa shape index (κ3) is 3.41. The predicted octanol–water partition coefficient (Wildman–Crippen LogP) is 3.32. The minimum atomic E-state index is -3.15. The van der Waals surface area contributed by atoms with Gasteiger partial charge in [-0.25, -0.2) is 8.42 Å². The highest BCUT2D eigenvalue weighted by Gasteiger charge is 2.36. The Hall–Kier alpha value is -1.07. The Balaban J connectivity index is 1.38. The summed E-state index contributed by atoms with van der Waals surface area (Å²) in [5.74, 6) is 0.634. The first kappa shape index (κ1) is 15.5. The third-order valence-corrected chi connectivity index (χ3v) is 7.54. The van der Waals surface area contributed by atoms with Gasteiger partial charge >= 0.3 is 0 Å². The van der Waals surface area contributed by atoms with Crippen LogP contribution in [0.5, 0.6) is 0 Å². The Morgan fingerprint density at radius 3 is 2.30 bits per heavy atom. The lowest BCUT2D eigenvalue weighted by Crippen LogP contribution is -2.30. The molecular weight excluding hydrogens is 308 g/mol. The van der Waals surface area contributed by atoms with Crippen molar-refractivity contribution in [1.29, 1.82) is 0 Å². The van der Waals surface area contributed by atoms with Gasteiger partial charge in [0.1, 0.15) is 0 Å². The van der Waals surface area contributed by atoms with Crippen LogP contribution in [-0.2, 0) is 10.0 Å². The molecule has 0 amide bonds. The number of benzene rings is 1. The fraction of sp³-hybridized carbons (Fsp3) is 0.667. The summed E-state index contributed by atoms with van der Waals surface area (Å²) < 4.78 is 26.7. The first-order chi connectivity index (χ1) is 11.1. The third-order valence-electron chi connectivity index (χ3n) is 5.67. The van der Waals surface area contributed by atoms with Gasteiger partial charge in [-0.15, -0.1) is 0 Å². The summed E-state index contributed by atoms with van der Waals surface area (Å²) in [7, 11) is -3.15. The van der Waals surface area contributed by atoms with Gasteiger partial charge in [-0.05, 0) is 81.6 Å². The van der Waals surface area contributed by atoms with E-state index in [4.69, 9.17) is 0 Å². The number of hydrogen-bond donors (Lipinski definition) is 1. The Kier molecular flexibility index (Phi) is 4.10. The second-order valence-corrected chi connectivity index (χ2v) is 9.34. The van der Waals surface area contributed by atoms with Gasteiger partial charge in [0, 0.05) is 11.7 Å². The molecule has 1 aromatic rings. The first-order valence-corrected chi connectivity index (χ1v) is 10.5. The van der Waals surface area contributed by atoms with Crippen LogP contribution < -0.4 is 4.72 Å². The van der Waals surface area contributed by atoms with E-state index in [1.807, 2.05) is 12.1 Å². The second-order valence-electron chi connectivity index (χ2n) is 7.38. The average Bonchev–Trinajstić information content (AvgIpc) is 3.08. The number of likely N-dealkylation sites (tertiary alicyclic amines) is 1. The highest BCUT2D eigenvalue weighted by molar-refractivity contribution is 7.93. The van der Waals surface area contributed by atoms with Crippen LogP contribution in [0.4, 0.5) is 5.69 Å². The zero-order valence-electron chi connectivity index (χ0n) is 13.6. The smallest absolute Gasteiger partial charge is 0.235 e. The SMILES string of the molecule is O=S(=O)(Nc1ccc(C2CCC(N3CCCC3)C2)cc1)C1CC1. The zero-order chi connectivity index (χ0) is 15.9. The molecule has 2 unspecified atom stereocenters. The molecule has 1 saturated heterocycles. The lowest BCUT2D eigenvalue weighted by molar-refractivity contribution is 0.245. The molecule has 5 heteroatoms. The summed E-state index contributed by atoms with van der Waals surface area (Å²) in [4.78, 5) is 2.66. The van der Waals surface area contributed by atoms with Gasteiger partial charge < -0.3 is 4.90 Å². The van der Waals surface area contributed by atoms with Crippen LogP contribution in [0, 0.1) is 0 Å². The van der Waals surface area contributed by atoms with Crippen LogP contribution in [0.3, 0.4) is 0 Å². The van der Waals surface area contributed by atoms with Crippen molar-refractivity contribution in [2.45, 2.75) is 62.2 Å². The first-order valence-electron chi connectivity index (χ1n) is 8.97. The molecule has 23 heavy (non-hydrogen) atoms. The quantitative estimate of drug-likeness (QED) is 0.898. The van der Waals surface area contributed by atoms with E-state index in [0.29, 0.717) is 11.6 Å². The van der Waals surface area contributed by atoms with Gasteiger partial charge in [0.15, 0.2) is 0 Å². The summed E-state index contributed by atoms with van der Waals surface area (Å²) in [6.45, 7) is 2.55. The fourth-order valence-electron chi connectivity index (χ4n) is 4.15. The van der Waals surface area contributed by atoms with E-state index >= 15 is 0 Å². The van der Waals surface area contributed by atoms with E-state index < -0.39 is 10.0 Å². The molecule has 1 heterocycles. The van der Waals surface area contributed by atoms with E-state index in [9.17, 15) is 8.42 Å². The molecule has 1 aromatic carbocycles. The van der Waals surface area contributed by atoms with E-state index in [0.717, 1.165) is 18.9 Å². The molecule has 0 spiro atoms. The summed E-state index contributed by atoms with van der Waals surface area (Å²) >= 11 is 0. The number of sulfonamides is 1. The maximum Gasteiger partial charge on any atom is 0.235 e. The molecule has 4 rings (SSSR count). The Morgan fingerprint density at radius 1 is 0.957 bits per heavy atom. The normalized spacial score (nSPS) is 29.0. The lowest BCUT2D eigenvalue weighted by atomic mass is 9.97. The van der Waals surface area contributed by atoms with Crippen molar-refractivity contribution in [2.75, 3.05) is 17.8 Å². The van der Waals surface area contributed by atoms with E-state index in [2.05, 4.69) is 21.8 Å². The second kappa shape index (κ2) is 6.10. The van der Waals surface area contributed by atoms with Gasteiger partial charge in [0.05, 0.1) is 5.25 Å². The van der Waals surface area contributed by atoms with Gasteiger partial charge in [0.2, 0.25) is 10.0 Å². The maximum atomic E-state index is 12.0. The molecule has 1 aliphatic heterocycles. The van der Waals surface area contributed by atoms with Crippen LogP contribution >= 0.6 is 0 Å². The lowest BCUT2D eigenvalue weighted by Gasteiger charge is -2.23. The van der Waals surface area contributed by atoms with E-state index in [1.165, 1.54) is 50.8 Å². The monoisotopic (exact) mass is 334 g/mol. The van der Waals surface area contributed by atoms with Gasteiger partial charge in [-0.1, -0.05) is 12.1 Å². The zero-order valence-corrected chi connectivity index (χ0v) is 14.4. The van der Waals surface area contributed by atoms with Crippen LogP contribution in [0.2, 0.25) is 0 Å². The average molecular weight is 334 g/mol. The highest BCUT2D eigenvalue weighted by Crippen LogP contribution is 2.38. The van der Waals surface area contributed by atoms with Gasteiger partial charge in [0.25, 0.3) is 0 Å². The highest BCUT2D eigenvalue weighted by atomic mass is 32.2. The number of rotatable bonds is 5. The van der Waals surface area contributed by atoms with Gasteiger partial charge in [-0.2, -0.15) is 0 Å². The molecular formula is C18H26N2O2S. The molecule has 2 saturated carbocycles. The molecule has 2 atom stereocenters. The number of nitrogens with one attached hydrogen (secondary N) is 1. The molecule has 126 valence electrons. The molecule has 4 nitrogen and oxygen atoms in total. The molecule has 1 N–H and O–H groups in total. The summed E-state index contributed by atoms with van der Waals surface area (Å²) in [5, 5.41) is -0.168. The van der Waals surface area contributed by atoms with Crippen molar-refractivity contribution >= 4 is 15.7 Å². The van der Waals surface area contributed by atoms with Crippen molar-refractivity contribution in [3.8, 4) is 0 Å². The van der Waals surface area contributed by atoms with E-state index in [1.54, 1.807) is 0 Å². The fourth-order valence-corrected chi connectivity index (χ4v) is 5.54. The predicted molar refractivity (Wildman–Crippen MR) is 93.2 cm³/mol. The number of anilines is 1. The van der Waals surface area contributed by atoms with Crippen LogP contribution in [0.1, 0.15) is 56.4 Å². The van der Waals surface area contributed by atoms with Crippen molar-refractivity contribution in [1.82, 2.24) is 4.90 Å². The summed E-state index contributed by atoms with van der Waals surface area (Å²) in [6, 6.07) is 8.84. The molecule has 0 bridgehead atoms. The molecule has 3 fully saturated rings.